The number of quaternary nitrogens is 1. The van der Waals surface area contributed by atoms with Gasteiger partial charge in [0.05, 0.1) is 19.6 Å². The lowest BCUT2D eigenvalue weighted by Crippen LogP contribution is -2.55. The first-order valence-electron chi connectivity index (χ1n) is 5.31. The lowest BCUT2D eigenvalue weighted by Gasteiger charge is -2.35. The molecule has 0 unspecified atom stereocenters. The van der Waals surface area contributed by atoms with E-state index in [1.54, 1.807) is 0 Å². The number of rotatable bonds is 3. The molecule has 0 aromatic carbocycles. The Morgan fingerprint density at radius 3 is 2.38 bits per heavy atom. The normalized spacial score (nSPS) is 21.3. The molecule has 1 rings (SSSR count). The second-order valence-corrected chi connectivity index (χ2v) is 4.01. The molecule has 1 saturated heterocycles. The number of carbonyl (C=O) groups is 1. The summed E-state index contributed by atoms with van der Waals surface area (Å²) in [6, 6.07) is 0. The fraction of sp³-hybridized carbons (Fsp3) is 0.900. The lowest BCUT2D eigenvalue weighted by atomic mass is 10.1. The number of hydrogen-bond donors (Lipinski definition) is 1. The molecule has 0 spiro atoms. The Balaban J connectivity index is 2.56. The van der Waals surface area contributed by atoms with Crippen molar-refractivity contribution >= 4 is 6.09 Å². The Kier molecular flexibility index (Phi) is 3.72. The van der Waals surface area contributed by atoms with E-state index < -0.39 is 6.09 Å². The number of piperidine rings is 1. The van der Waals surface area contributed by atoms with Crippen LogP contribution < -0.4 is 0 Å². The maximum Gasteiger partial charge on any atom is 0.513 e. The smallest absolute Gasteiger partial charge is 0.435 e. The quantitative estimate of drug-likeness (QED) is 0.687. The molecule has 1 N–H and O–H groups in total. The van der Waals surface area contributed by atoms with Gasteiger partial charge in [-0.25, -0.2) is 4.48 Å². The van der Waals surface area contributed by atoms with E-state index in [4.69, 9.17) is 0 Å². The molecule has 1 amide bonds. The third kappa shape index (κ3) is 2.44. The zero-order valence-corrected chi connectivity index (χ0v) is 8.46. The molecule has 3 nitrogen and oxygen atoms in total. The molecular formula is C10H20NO2+. The summed E-state index contributed by atoms with van der Waals surface area (Å²) in [7, 11) is 0. The molecule has 0 saturated carbocycles. The molecular weight excluding hydrogens is 166 g/mol. The van der Waals surface area contributed by atoms with Gasteiger partial charge in [-0.05, 0) is 25.7 Å². The van der Waals surface area contributed by atoms with E-state index in [-0.39, 0.29) is 0 Å². The van der Waals surface area contributed by atoms with E-state index in [2.05, 4.69) is 6.92 Å². The minimum Gasteiger partial charge on any atom is -0.435 e. The second-order valence-electron chi connectivity index (χ2n) is 4.01. The molecule has 1 heterocycles. The molecule has 0 aromatic heterocycles. The van der Waals surface area contributed by atoms with Gasteiger partial charge in [0, 0.05) is 0 Å². The van der Waals surface area contributed by atoms with Gasteiger partial charge in [-0.15, -0.1) is 0 Å². The van der Waals surface area contributed by atoms with Crippen molar-refractivity contribution in [3.8, 4) is 0 Å². The molecule has 1 aliphatic heterocycles. The molecule has 0 aromatic rings. The van der Waals surface area contributed by atoms with Crippen LogP contribution in [0.5, 0.6) is 0 Å². The fourth-order valence-corrected chi connectivity index (χ4v) is 2.09. The van der Waals surface area contributed by atoms with Gasteiger partial charge >= 0.3 is 6.09 Å². The Hall–Kier alpha value is -0.570. The van der Waals surface area contributed by atoms with Gasteiger partial charge in [-0.3, -0.25) is 0 Å². The molecule has 0 atom stereocenters. The van der Waals surface area contributed by atoms with Gasteiger partial charge in [0.15, 0.2) is 0 Å². The third-order valence-electron chi connectivity index (χ3n) is 3.02. The lowest BCUT2D eigenvalue weighted by molar-refractivity contribution is -0.862. The summed E-state index contributed by atoms with van der Waals surface area (Å²) in [5, 5.41) is 9.19. The van der Waals surface area contributed by atoms with Crippen LogP contribution in [0.3, 0.4) is 0 Å². The first-order valence-corrected chi connectivity index (χ1v) is 5.31. The Labute approximate surface area is 79.9 Å². The predicted molar refractivity (Wildman–Crippen MR) is 51.6 cm³/mol. The Bertz CT molecular complexity index is 174. The largest absolute Gasteiger partial charge is 0.513 e. The van der Waals surface area contributed by atoms with Crippen molar-refractivity contribution in [2.24, 2.45) is 0 Å². The summed E-state index contributed by atoms with van der Waals surface area (Å²) < 4.78 is 0.327. The minimum atomic E-state index is -0.617. The van der Waals surface area contributed by atoms with Crippen LogP contribution in [0.25, 0.3) is 0 Å². The second kappa shape index (κ2) is 4.61. The predicted octanol–water partition coefficient (Wildman–Crippen LogP) is 2.47. The van der Waals surface area contributed by atoms with Crippen molar-refractivity contribution in [3.63, 3.8) is 0 Å². The molecule has 1 aliphatic rings. The van der Waals surface area contributed by atoms with Gasteiger partial charge in [0.1, 0.15) is 0 Å². The third-order valence-corrected chi connectivity index (χ3v) is 3.02. The highest BCUT2D eigenvalue weighted by atomic mass is 16.4. The highest BCUT2D eigenvalue weighted by Crippen LogP contribution is 2.20. The Morgan fingerprint density at radius 2 is 1.92 bits per heavy atom. The topological polar surface area (TPSA) is 37.3 Å². The summed E-state index contributed by atoms with van der Waals surface area (Å²) >= 11 is 0. The summed E-state index contributed by atoms with van der Waals surface area (Å²) in [5.41, 5.74) is 0. The van der Waals surface area contributed by atoms with Gasteiger partial charge in [-0.2, -0.15) is 4.79 Å². The first kappa shape index (κ1) is 10.5. The van der Waals surface area contributed by atoms with Crippen LogP contribution in [-0.2, 0) is 0 Å². The Morgan fingerprint density at radius 1 is 1.31 bits per heavy atom. The van der Waals surface area contributed by atoms with Crippen LogP contribution in [0.2, 0.25) is 0 Å². The number of likely N-dealkylation sites (tertiary alicyclic amines) is 1. The molecule has 76 valence electrons. The van der Waals surface area contributed by atoms with Gasteiger partial charge in [-0.1, -0.05) is 13.3 Å². The molecule has 13 heavy (non-hydrogen) atoms. The maximum atomic E-state index is 11.2. The van der Waals surface area contributed by atoms with Crippen LogP contribution in [0.1, 0.15) is 39.0 Å². The van der Waals surface area contributed by atoms with Crippen molar-refractivity contribution in [2.45, 2.75) is 39.0 Å². The van der Waals surface area contributed by atoms with E-state index in [0.717, 1.165) is 45.3 Å². The molecule has 0 radical (unpaired) electrons. The van der Waals surface area contributed by atoms with Gasteiger partial charge < -0.3 is 5.11 Å². The van der Waals surface area contributed by atoms with Crippen LogP contribution in [0, 0.1) is 0 Å². The van der Waals surface area contributed by atoms with E-state index in [9.17, 15) is 9.90 Å². The van der Waals surface area contributed by atoms with E-state index in [0.29, 0.717) is 4.48 Å². The molecule has 0 aliphatic carbocycles. The average molecular weight is 186 g/mol. The minimum absolute atomic E-state index is 0.327. The summed E-state index contributed by atoms with van der Waals surface area (Å²) in [6.07, 6.45) is 4.87. The van der Waals surface area contributed by atoms with Crippen molar-refractivity contribution in [3.05, 3.63) is 0 Å². The van der Waals surface area contributed by atoms with E-state index in [1.807, 2.05) is 0 Å². The zero-order chi connectivity index (χ0) is 9.73. The summed E-state index contributed by atoms with van der Waals surface area (Å²) in [6.45, 7) is 4.62. The fourth-order valence-electron chi connectivity index (χ4n) is 2.09. The molecule has 0 bridgehead atoms. The summed E-state index contributed by atoms with van der Waals surface area (Å²) in [5.74, 6) is 0. The first-order chi connectivity index (χ1) is 6.21. The van der Waals surface area contributed by atoms with E-state index in [1.165, 1.54) is 6.42 Å². The molecule has 1 fully saturated rings. The number of hydrogen-bond acceptors (Lipinski definition) is 1. The highest BCUT2D eigenvalue weighted by Gasteiger charge is 2.37. The number of amides is 1. The van der Waals surface area contributed by atoms with E-state index >= 15 is 0 Å². The highest BCUT2D eigenvalue weighted by molar-refractivity contribution is 5.56. The number of carboxylic acid groups (broad SMARTS) is 1. The SMILES string of the molecule is CCCC[N+]1(C(=O)O)CCCCC1. The summed E-state index contributed by atoms with van der Waals surface area (Å²) in [4.78, 5) is 11.2. The van der Waals surface area contributed by atoms with Crippen LogP contribution in [0.4, 0.5) is 4.79 Å². The molecule has 3 heteroatoms. The maximum absolute atomic E-state index is 11.2. The number of nitrogens with zero attached hydrogens (tertiary/aromatic N) is 1. The zero-order valence-electron chi connectivity index (χ0n) is 8.46. The number of unbranched alkanes of at least 4 members (excludes halogenated alkanes) is 1. The van der Waals surface area contributed by atoms with Gasteiger partial charge in [0.25, 0.3) is 0 Å². The average Bonchev–Trinajstić information content (AvgIpc) is 2.16. The van der Waals surface area contributed by atoms with Crippen molar-refractivity contribution < 1.29 is 14.4 Å². The van der Waals surface area contributed by atoms with Gasteiger partial charge in [0.2, 0.25) is 0 Å². The van der Waals surface area contributed by atoms with Crippen molar-refractivity contribution in [1.29, 1.82) is 0 Å². The van der Waals surface area contributed by atoms with Crippen LogP contribution in [-0.4, -0.2) is 35.3 Å². The standard InChI is InChI=1S/C10H19NO2/c1-2-3-7-11(10(12)13)8-5-4-6-9-11/h2-9H2,1H3/p+1. The monoisotopic (exact) mass is 186 g/mol. The van der Waals surface area contributed by atoms with Crippen LogP contribution in [0.15, 0.2) is 0 Å². The van der Waals surface area contributed by atoms with Crippen molar-refractivity contribution in [2.75, 3.05) is 19.6 Å². The van der Waals surface area contributed by atoms with Crippen LogP contribution >= 0.6 is 0 Å². The van der Waals surface area contributed by atoms with Crippen molar-refractivity contribution in [1.82, 2.24) is 0 Å².